The van der Waals surface area contributed by atoms with Gasteiger partial charge in [0, 0.05) is 0 Å². The quantitative estimate of drug-likeness (QED) is 0.460. The molecule has 0 spiro atoms. The second-order valence-electron chi connectivity index (χ2n) is 3.02. The van der Waals surface area contributed by atoms with Gasteiger partial charge < -0.3 is 20.8 Å². The number of aromatic carboxylic acids is 1. The van der Waals surface area contributed by atoms with Crippen molar-refractivity contribution in [3.05, 3.63) is 23.8 Å². The number of anilines is 1. The van der Waals surface area contributed by atoms with Gasteiger partial charge in [0.05, 0.1) is 12.2 Å². The zero-order valence-electron chi connectivity index (χ0n) is 8.73. The molecule has 1 rings (SSSR count). The summed E-state index contributed by atoms with van der Waals surface area (Å²) in [6.45, 7) is 0.0330. The number of carbonyl (C=O) groups excluding carboxylic acids is 1. The van der Waals surface area contributed by atoms with E-state index in [-0.39, 0.29) is 17.8 Å². The molecule has 0 aromatic heterocycles. The van der Waals surface area contributed by atoms with Crippen molar-refractivity contribution in [2.24, 2.45) is 0 Å². The number of urea groups is 1. The Morgan fingerprint density at radius 1 is 1.41 bits per heavy atom. The molecule has 88 valence electrons. The lowest BCUT2D eigenvalue weighted by atomic mass is 10.2. The predicted molar refractivity (Wildman–Crippen MR) is 60.9 cm³/mol. The van der Waals surface area contributed by atoms with Crippen LogP contribution < -0.4 is 10.6 Å². The van der Waals surface area contributed by atoms with Crippen LogP contribution in [0.15, 0.2) is 18.2 Å². The molecule has 0 atom stereocenters. The zero-order valence-corrected chi connectivity index (χ0v) is 8.73. The molecular weight excluding hydrogens is 224 g/mol. The SMILES string of the molecule is C#CCNC(=O)Nc1cccc(C(=O)O)c1O. The average molecular weight is 234 g/mol. The monoisotopic (exact) mass is 234 g/mol. The van der Waals surface area contributed by atoms with Crippen LogP contribution in [-0.4, -0.2) is 28.8 Å². The lowest BCUT2D eigenvalue weighted by Crippen LogP contribution is -2.28. The highest BCUT2D eigenvalue weighted by molar-refractivity contribution is 5.97. The number of terminal acetylenes is 1. The van der Waals surface area contributed by atoms with Gasteiger partial charge >= 0.3 is 12.0 Å². The van der Waals surface area contributed by atoms with Crippen LogP contribution in [0.1, 0.15) is 10.4 Å². The first-order valence-corrected chi connectivity index (χ1v) is 4.60. The predicted octanol–water partition coefficient (Wildman–Crippen LogP) is 0.845. The van der Waals surface area contributed by atoms with Gasteiger partial charge in [-0.1, -0.05) is 12.0 Å². The van der Waals surface area contributed by atoms with Crippen molar-refractivity contribution in [3.8, 4) is 18.1 Å². The van der Waals surface area contributed by atoms with Crippen molar-refractivity contribution >= 4 is 17.7 Å². The molecule has 0 saturated heterocycles. The maximum atomic E-state index is 11.2. The van der Waals surface area contributed by atoms with E-state index in [2.05, 4.69) is 16.6 Å². The summed E-state index contributed by atoms with van der Waals surface area (Å²) in [6, 6.07) is 3.38. The Bertz CT molecular complexity index is 491. The summed E-state index contributed by atoms with van der Waals surface area (Å²) in [7, 11) is 0. The molecule has 0 saturated carbocycles. The molecular formula is C11H10N2O4. The summed E-state index contributed by atoms with van der Waals surface area (Å²) in [5.41, 5.74) is -0.292. The number of carboxylic acid groups (broad SMARTS) is 1. The minimum atomic E-state index is -1.28. The first kappa shape index (κ1) is 12.4. The lowest BCUT2D eigenvalue weighted by molar-refractivity contribution is 0.0694. The number of hydrogen-bond donors (Lipinski definition) is 4. The highest BCUT2D eigenvalue weighted by Crippen LogP contribution is 2.27. The third-order valence-electron chi connectivity index (χ3n) is 1.87. The number of para-hydroxylation sites is 1. The molecule has 17 heavy (non-hydrogen) atoms. The summed E-state index contributed by atoms with van der Waals surface area (Å²) >= 11 is 0. The van der Waals surface area contributed by atoms with Crippen LogP contribution in [0.5, 0.6) is 5.75 Å². The second kappa shape index (κ2) is 5.42. The van der Waals surface area contributed by atoms with E-state index in [0.717, 1.165) is 0 Å². The molecule has 1 aromatic carbocycles. The van der Waals surface area contributed by atoms with Crippen molar-refractivity contribution in [1.82, 2.24) is 5.32 Å². The van der Waals surface area contributed by atoms with Gasteiger partial charge in [-0.2, -0.15) is 0 Å². The molecule has 1 aromatic rings. The maximum absolute atomic E-state index is 11.2. The Labute approximate surface area is 97.3 Å². The summed E-state index contributed by atoms with van der Waals surface area (Å²) < 4.78 is 0. The van der Waals surface area contributed by atoms with Crippen LogP contribution in [0, 0.1) is 12.3 Å². The molecule has 4 N–H and O–H groups in total. The molecule has 0 radical (unpaired) electrons. The highest BCUT2D eigenvalue weighted by atomic mass is 16.4. The van der Waals surface area contributed by atoms with Crippen molar-refractivity contribution in [3.63, 3.8) is 0 Å². The van der Waals surface area contributed by atoms with E-state index >= 15 is 0 Å². The van der Waals surface area contributed by atoms with E-state index < -0.39 is 17.7 Å². The average Bonchev–Trinajstić information content (AvgIpc) is 2.28. The van der Waals surface area contributed by atoms with E-state index in [1.54, 1.807) is 0 Å². The van der Waals surface area contributed by atoms with Gasteiger partial charge in [-0.15, -0.1) is 6.42 Å². The summed E-state index contributed by atoms with van der Waals surface area (Å²) in [6.07, 6.45) is 4.94. The Kier molecular flexibility index (Phi) is 3.95. The molecule has 0 aliphatic carbocycles. The van der Waals surface area contributed by atoms with Gasteiger partial charge in [0.1, 0.15) is 5.56 Å². The van der Waals surface area contributed by atoms with Crippen molar-refractivity contribution < 1.29 is 19.8 Å². The third kappa shape index (κ3) is 3.14. The number of phenols is 1. The summed E-state index contributed by atoms with van der Waals surface area (Å²) in [5.74, 6) is 0.414. The Morgan fingerprint density at radius 3 is 2.71 bits per heavy atom. The first-order chi connectivity index (χ1) is 8.06. The fraction of sp³-hybridized carbons (Fsp3) is 0.0909. The Hall–Kier alpha value is -2.68. The van der Waals surface area contributed by atoms with Crippen molar-refractivity contribution in [2.45, 2.75) is 0 Å². The van der Waals surface area contributed by atoms with Gasteiger partial charge in [-0.3, -0.25) is 0 Å². The fourth-order valence-corrected chi connectivity index (χ4v) is 1.11. The Morgan fingerprint density at radius 2 is 2.12 bits per heavy atom. The van der Waals surface area contributed by atoms with Gasteiger partial charge in [0.2, 0.25) is 0 Å². The van der Waals surface area contributed by atoms with Crippen LogP contribution in [0.25, 0.3) is 0 Å². The standard InChI is InChI=1S/C11H10N2O4/c1-2-6-12-11(17)13-8-5-3-4-7(9(8)14)10(15)16/h1,3-5,14H,6H2,(H,15,16)(H2,12,13,17). The normalized spacial score (nSPS) is 9.12. The van der Waals surface area contributed by atoms with Gasteiger partial charge in [-0.05, 0) is 12.1 Å². The van der Waals surface area contributed by atoms with E-state index in [0.29, 0.717) is 0 Å². The van der Waals surface area contributed by atoms with Crippen LogP contribution >= 0.6 is 0 Å². The fourth-order valence-electron chi connectivity index (χ4n) is 1.11. The lowest BCUT2D eigenvalue weighted by Gasteiger charge is -2.08. The molecule has 2 amide bonds. The summed E-state index contributed by atoms with van der Waals surface area (Å²) in [5, 5.41) is 22.9. The number of hydrogen-bond acceptors (Lipinski definition) is 3. The van der Waals surface area contributed by atoms with Gasteiger partial charge in [0.15, 0.2) is 5.75 Å². The number of carboxylic acids is 1. The van der Waals surface area contributed by atoms with E-state index in [9.17, 15) is 14.7 Å². The van der Waals surface area contributed by atoms with Gasteiger partial charge in [0.25, 0.3) is 0 Å². The molecule has 6 nitrogen and oxygen atoms in total. The van der Waals surface area contributed by atoms with E-state index in [4.69, 9.17) is 11.5 Å². The number of amides is 2. The summed E-state index contributed by atoms with van der Waals surface area (Å²) in [4.78, 5) is 21.9. The topological polar surface area (TPSA) is 98.7 Å². The number of rotatable bonds is 3. The largest absolute Gasteiger partial charge is 0.505 e. The molecule has 6 heteroatoms. The van der Waals surface area contributed by atoms with Gasteiger partial charge in [-0.25, -0.2) is 9.59 Å². The smallest absolute Gasteiger partial charge is 0.339 e. The zero-order chi connectivity index (χ0) is 12.8. The minimum Gasteiger partial charge on any atom is -0.505 e. The molecule has 0 aliphatic heterocycles. The van der Waals surface area contributed by atoms with Crippen LogP contribution in [0.3, 0.4) is 0 Å². The first-order valence-electron chi connectivity index (χ1n) is 4.60. The number of carbonyl (C=O) groups is 2. The third-order valence-corrected chi connectivity index (χ3v) is 1.87. The number of aromatic hydroxyl groups is 1. The van der Waals surface area contributed by atoms with Crippen LogP contribution in [0.4, 0.5) is 10.5 Å². The molecule has 0 fully saturated rings. The highest BCUT2D eigenvalue weighted by Gasteiger charge is 2.14. The van der Waals surface area contributed by atoms with Crippen LogP contribution in [-0.2, 0) is 0 Å². The number of nitrogens with one attached hydrogen (secondary N) is 2. The molecule has 0 unspecified atom stereocenters. The molecule has 0 heterocycles. The minimum absolute atomic E-state index is 0.000536. The number of benzene rings is 1. The van der Waals surface area contributed by atoms with E-state index in [1.807, 2.05) is 0 Å². The second-order valence-corrected chi connectivity index (χ2v) is 3.02. The van der Waals surface area contributed by atoms with Crippen molar-refractivity contribution in [1.29, 1.82) is 0 Å². The molecule has 0 bridgehead atoms. The van der Waals surface area contributed by atoms with Crippen molar-refractivity contribution in [2.75, 3.05) is 11.9 Å². The molecule has 0 aliphatic rings. The Balaban J connectivity index is 2.86. The van der Waals surface area contributed by atoms with Crippen LogP contribution in [0.2, 0.25) is 0 Å². The maximum Gasteiger partial charge on any atom is 0.339 e. The van der Waals surface area contributed by atoms with E-state index in [1.165, 1.54) is 18.2 Å².